The van der Waals surface area contributed by atoms with Crippen LogP contribution in [-0.2, 0) is 0 Å². The molecule has 2 rings (SSSR count). The van der Waals surface area contributed by atoms with E-state index in [1.807, 2.05) is 19.0 Å². The number of rotatable bonds is 5. The molecule has 0 aliphatic heterocycles. The Morgan fingerprint density at radius 1 is 1.05 bits per heavy atom. The van der Waals surface area contributed by atoms with E-state index in [2.05, 4.69) is 15.3 Å². The van der Waals surface area contributed by atoms with Crippen molar-refractivity contribution < 1.29 is 14.3 Å². The second-order valence-electron chi connectivity index (χ2n) is 4.71. The lowest BCUT2D eigenvalue weighted by Gasteiger charge is -2.12. The van der Waals surface area contributed by atoms with E-state index >= 15 is 0 Å². The third kappa shape index (κ3) is 3.63. The summed E-state index contributed by atoms with van der Waals surface area (Å²) >= 11 is 0. The van der Waals surface area contributed by atoms with Gasteiger partial charge < -0.3 is 19.7 Å². The number of ether oxygens (including phenoxy) is 2. The predicted octanol–water partition coefficient (Wildman–Crippen LogP) is 1.81. The van der Waals surface area contributed by atoms with Crippen LogP contribution >= 0.6 is 0 Å². The number of methoxy groups -OCH3 is 2. The smallest absolute Gasteiger partial charge is 0.257 e. The lowest BCUT2D eigenvalue weighted by Crippen LogP contribution is -2.15. The average molecular weight is 302 g/mol. The van der Waals surface area contributed by atoms with Gasteiger partial charge in [0.15, 0.2) is 0 Å². The maximum atomic E-state index is 12.3. The third-order valence-electron chi connectivity index (χ3n) is 2.97. The summed E-state index contributed by atoms with van der Waals surface area (Å²) in [5.41, 5.74) is 0.418. The summed E-state index contributed by atoms with van der Waals surface area (Å²) in [6.07, 6.45) is 1.40. The highest BCUT2D eigenvalue weighted by Gasteiger charge is 2.11. The number of amides is 1. The molecule has 0 radical (unpaired) electrons. The second-order valence-corrected chi connectivity index (χ2v) is 4.71. The van der Waals surface area contributed by atoms with Gasteiger partial charge in [0.25, 0.3) is 5.91 Å². The van der Waals surface area contributed by atoms with Gasteiger partial charge in [0, 0.05) is 31.8 Å². The normalized spacial score (nSPS) is 10.0. The Labute approximate surface area is 128 Å². The summed E-state index contributed by atoms with van der Waals surface area (Å²) in [6.45, 7) is 0. The van der Waals surface area contributed by atoms with Crippen molar-refractivity contribution in [1.29, 1.82) is 0 Å². The molecule has 0 aliphatic rings. The number of hydrogen-bond acceptors (Lipinski definition) is 6. The minimum atomic E-state index is -0.305. The van der Waals surface area contributed by atoms with Gasteiger partial charge in [0.05, 0.1) is 14.2 Å². The van der Waals surface area contributed by atoms with Gasteiger partial charge in [-0.1, -0.05) is 0 Å². The molecule has 0 spiro atoms. The first-order valence-corrected chi connectivity index (χ1v) is 6.57. The molecule has 0 atom stereocenters. The molecule has 0 fully saturated rings. The number of anilines is 2. The van der Waals surface area contributed by atoms with Gasteiger partial charge in [0.1, 0.15) is 29.5 Å². The molecule has 0 saturated carbocycles. The summed E-state index contributed by atoms with van der Waals surface area (Å²) in [5, 5.41) is 2.73. The third-order valence-corrected chi connectivity index (χ3v) is 2.97. The van der Waals surface area contributed by atoms with Gasteiger partial charge in [-0.3, -0.25) is 4.79 Å². The molecule has 0 saturated heterocycles. The minimum absolute atomic E-state index is 0.305. The second kappa shape index (κ2) is 6.75. The Hall–Kier alpha value is -2.83. The summed E-state index contributed by atoms with van der Waals surface area (Å²) in [7, 11) is 6.79. The van der Waals surface area contributed by atoms with Crippen LogP contribution in [0.5, 0.6) is 11.5 Å². The standard InChI is InChI=1S/C15H18N4O3/c1-19(2)14-8-13(16-9-17-14)18-15(20)10-5-11(21-3)7-12(6-10)22-4/h5-9H,1-4H3,(H,16,17,18,20). The van der Waals surface area contributed by atoms with Gasteiger partial charge in [-0.05, 0) is 12.1 Å². The number of aromatic nitrogens is 2. The molecule has 1 N–H and O–H groups in total. The molecule has 0 bridgehead atoms. The highest BCUT2D eigenvalue weighted by atomic mass is 16.5. The van der Waals surface area contributed by atoms with E-state index < -0.39 is 0 Å². The monoisotopic (exact) mass is 302 g/mol. The van der Waals surface area contributed by atoms with Crippen molar-refractivity contribution in [3.8, 4) is 11.5 Å². The largest absolute Gasteiger partial charge is 0.497 e. The predicted molar refractivity (Wildman–Crippen MR) is 83.9 cm³/mol. The first-order chi connectivity index (χ1) is 10.5. The number of carbonyl (C=O) groups is 1. The fourth-order valence-corrected chi connectivity index (χ4v) is 1.79. The number of hydrogen-bond donors (Lipinski definition) is 1. The van der Waals surface area contributed by atoms with E-state index in [4.69, 9.17) is 9.47 Å². The van der Waals surface area contributed by atoms with E-state index in [1.54, 1.807) is 24.3 Å². The summed E-state index contributed by atoms with van der Waals surface area (Å²) in [4.78, 5) is 22.3. The number of carbonyl (C=O) groups excluding carboxylic acids is 1. The molecule has 1 aromatic carbocycles. The van der Waals surface area contributed by atoms with Gasteiger partial charge in [-0.25, -0.2) is 9.97 Å². The van der Waals surface area contributed by atoms with Crippen molar-refractivity contribution in [3.05, 3.63) is 36.2 Å². The summed E-state index contributed by atoms with van der Waals surface area (Å²) < 4.78 is 10.3. The Kier molecular flexibility index (Phi) is 4.77. The van der Waals surface area contributed by atoms with E-state index in [9.17, 15) is 4.79 Å². The molecule has 1 aromatic heterocycles. The van der Waals surface area contributed by atoms with Crippen LogP contribution in [0.1, 0.15) is 10.4 Å². The van der Waals surface area contributed by atoms with Crippen molar-refractivity contribution >= 4 is 17.5 Å². The minimum Gasteiger partial charge on any atom is -0.497 e. The van der Waals surface area contributed by atoms with Crippen molar-refractivity contribution in [3.63, 3.8) is 0 Å². The summed E-state index contributed by atoms with van der Waals surface area (Å²) in [5.74, 6) is 1.90. The van der Waals surface area contributed by atoms with Gasteiger partial charge >= 0.3 is 0 Å². The van der Waals surface area contributed by atoms with Crippen LogP contribution in [0.4, 0.5) is 11.6 Å². The molecule has 2 aromatic rings. The molecule has 0 unspecified atom stereocenters. The molecule has 7 nitrogen and oxygen atoms in total. The Morgan fingerprint density at radius 3 is 2.23 bits per heavy atom. The fraction of sp³-hybridized carbons (Fsp3) is 0.267. The fourth-order valence-electron chi connectivity index (χ4n) is 1.79. The number of benzene rings is 1. The Morgan fingerprint density at radius 2 is 1.68 bits per heavy atom. The zero-order chi connectivity index (χ0) is 16.1. The molecule has 1 heterocycles. The molecule has 0 aliphatic carbocycles. The van der Waals surface area contributed by atoms with Crippen LogP contribution in [0.25, 0.3) is 0 Å². The van der Waals surface area contributed by atoms with E-state index in [0.29, 0.717) is 28.7 Å². The average Bonchev–Trinajstić information content (AvgIpc) is 2.54. The first-order valence-electron chi connectivity index (χ1n) is 6.57. The lowest BCUT2D eigenvalue weighted by molar-refractivity contribution is 0.102. The maximum Gasteiger partial charge on any atom is 0.257 e. The molecule has 7 heteroatoms. The van der Waals surface area contributed by atoms with Crippen LogP contribution in [-0.4, -0.2) is 44.2 Å². The highest BCUT2D eigenvalue weighted by Crippen LogP contribution is 2.23. The first kappa shape index (κ1) is 15.6. The highest BCUT2D eigenvalue weighted by molar-refractivity contribution is 6.04. The van der Waals surface area contributed by atoms with E-state index in [0.717, 1.165) is 0 Å². The molecular formula is C15H18N4O3. The Bertz CT molecular complexity index is 651. The van der Waals surface area contributed by atoms with E-state index in [-0.39, 0.29) is 5.91 Å². The van der Waals surface area contributed by atoms with Crippen LogP contribution in [0.15, 0.2) is 30.6 Å². The number of nitrogens with one attached hydrogen (secondary N) is 1. The van der Waals surface area contributed by atoms with Crippen LogP contribution in [0, 0.1) is 0 Å². The van der Waals surface area contributed by atoms with Gasteiger partial charge in [-0.15, -0.1) is 0 Å². The van der Waals surface area contributed by atoms with Gasteiger partial charge in [-0.2, -0.15) is 0 Å². The quantitative estimate of drug-likeness (QED) is 0.907. The van der Waals surface area contributed by atoms with Crippen molar-refractivity contribution in [2.24, 2.45) is 0 Å². The molecule has 22 heavy (non-hydrogen) atoms. The topological polar surface area (TPSA) is 76.6 Å². The van der Waals surface area contributed by atoms with Crippen LogP contribution < -0.4 is 19.7 Å². The summed E-state index contributed by atoms with van der Waals surface area (Å²) in [6, 6.07) is 6.65. The number of nitrogens with zero attached hydrogens (tertiary/aromatic N) is 3. The molecule has 1 amide bonds. The maximum absolute atomic E-state index is 12.3. The Balaban J connectivity index is 2.23. The molecular weight excluding hydrogens is 284 g/mol. The van der Waals surface area contributed by atoms with Crippen LogP contribution in [0.2, 0.25) is 0 Å². The zero-order valence-electron chi connectivity index (χ0n) is 13.0. The van der Waals surface area contributed by atoms with Crippen molar-refractivity contribution in [2.75, 3.05) is 38.5 Å². The molecule has 116 valence electrons. The van der Waals surface area contributed by atoms with Gasteiger partial charge in [0.2, 0.25) is 0 Å². The van der Waals surface area contributed by atoms with E-state index in [1.165, 1.54) is 20.5 Å². The SMILES string of the molecule is COc1cc(OC)cc(C(=O)Nc2cc(N(C)C)ncn2)c1. The van der Waals surface area contributed by atoms with Crippen LogP contribution in [0.3, 0.4) is 0 Å². The van der Waals surface area contributed by atoms with Crippen molar-refractivity contribution in [2.45, 2.75) is 0 Å². The van der Waals surface area contributed by atoms with Crippen molar-refractivity contribution in [1.82, 2.24) is 9.97 Å². The lowest BCUT2D eigenvalue weighted by atomic mass is 10.2. The zero-order valence-corrected chi connectivity index (χ0v) is 13.0.